The molecule has 0 amide bonds. The number of rotatable bonds is 2. The van der Waals surface area contributed by atoms with Crippen LogP contribution in [-0.2, 0) is 0 Å². The van der Waals surface area contributed by atoms with Crippen molar-refractivity contribution in [3.8, 4) is 11.4 Å². The van der Waals surface area contributed by atoms with Crippen LogP contribution in [0.15, 0.2) is 23.0 Å². The van der Waals surface area contributed by atoms with Gasteiger partial charge in [-0.25, -0.2) is 4.98 Å². The third-order valence-corrected chi connectivity index (χ3v) is 3.89. The van der Waals surface area contributed by atoms with Crippen molar-refractivity contribution in [1.29, 1.82) is 0 Å². The molecule has 0 aromatic carbocycles. The van der Waals surface area contributed by atoms with Gasteiger partial charge in [-0.1, -0.05) is 12.8 Å². The second kappa shape index (κ2) is 5.19. The number of aromatic nitrogens is 3. The Kier molecular flexibility index (Phi) is 3.38. The molecule has 4 nitrogen and oxygen atoms in total. The molecule has 20 heavy (non-hydrogen) atoms. The smallest absolute Gasteiger partial charge is 0.251 e. The normalized spacial score (nSPS) is 15.7. The zero-order chi connectivity index (χ0) is 14.1. The van der Waals surface area contributed by atoms with Crippen molar-refractivity contribution < 1.29 is 0 Å². The average Bonchev–Trinajstić information content (AvgIpc) is 2.90. The number of aromatic amines is 1. The molecule has 1 aliphatic rings. The van der Waals surface area contributed by atoms with Gasteiger partial charge in [-0.3, -0.25) is 9.78 Å². The summed E-state index contributed by atoms with van der Waals surface area (Å²) < 4.78 is 0. The van der Waals surface area contributed by atoms with E-state index in [2.05, 4.69) is 15.0 Å². The van der Waals surface area contributed by atoms with Crippen molar-refractivity contribution in [2.45, 2.75) is 45.4 Å². The molecule has 0 aliphatic heterocycles. The lowest BCUT2D eigenvalue weighted by molar-refractivity contribution is 0.693. The summed E-state index contributed by atoms with van der Waals surface area (Å²) in [4.78, 5) is 23.8. The van der Waals surface area contributed by atoms with Gasteiger partial charge >= 0.3 is 0 Å². The van der Waals surface area contributed by atoms with E-state index in [1.807, 2.05) is 26.0 Å². The predicted molar refractivity (Wildman–Crippen MR) is 78.8 cm³/mol. The molecular weight excluding hydrogens is 250 g/mol. The zero-order valence-corrected chi connectivity index (χ0v) is 11.9. The van der Waals surface area contributed by atoms with Gasteiger partial charge in [-0.05, 0) is 38.8 Å². The number of hydrogen-bond donors (Lipinski definition) is 1. The first-order chi connectivity index (χ1) is 9.61. The fraction of sp³-hybridized carbons (Fsp3) is 0.438. The van der Waals surface area contributed by atoms with Crippen LogP contribution < -0.4 is 5.56 Å². The van der Waals surface area contributed by atoms with Crippen LogP contribution in [0.4, 0.5) is 0 Å². The van der Waals surface area contributed by atoms with Crippen LogP contribution in [0.2, 0.25) is 0 Å². The number of nitrogens with zero attached hydrogens (tertiary/aromatic N) is 2. The lowest BCUT2D eigenvalue weighted by atomic mass is 10.0. The summed E-state index contributed by atoms with van der Waals surface area (Å²) in [5, 5.41) is 0. The summed E-state index contributed by atoms with van der Waals surface area (Å²) in [6.45, 7) is 3.91. The van der Waals surface area contributed by atoms with Crippen LogP contribution in [0.5, 0.6) is 0 Å². The molecule has 1 aliphatic carbocycles. The predicted octanol–water partition coefficient (Wildman–Crippen LogP) is 3.11. The van der Waals surface area contributed by atoms with Crippen molar-refractivity contribution in [2.24, 2.45) is 0 Å². The minimum absolute atomic E-state index is 0.0657. The molecule has 0 unspecified atom stereocenters. The molecular formula is C16H19N3O. The number of H-pyrrole nitrogens is 1. The van der Waals surface area contributed by atoms with Gasteiger partial charge in [0.1, 0.15) is 5.82 Å². The second-order valence-corrected chi connectivity index (χ2v) is 5.64. The van der Waals surface area contributed by atoms with E-state index in [0.29, 0.717) is 11.7 Å². The first-order valence-electron chi connectivity index (χ1n) is 7.19. The van der Waals surface area contributed by atoms with E-state index >= 15 is 0 Å². The Bertz CT molecular complexity index is 664. The molecule has 4 heteroatoms. The average molecular weight is 269 g/mol. The largest absolute Gasteiger partial charge is 0.307 e. The maximum absolute atomic E-state index is 11.9. The highest BCUT2D eigenvalue weighted by molar-refractivity contribution is 5.55. The molecule has 0 spiro atoms. The number of pyridine rings is 1. The molecule has 3 rings (SSSR count). The minimum Gasteiger partial charge on any atom is -0.307 e. The maximum Gasteiger partial charge on any atom is 0.251 e. The Morgan fingerprint density at radius 1 is 1.05 bits per heavy atom. The number of nitrogens with one attached hydrogen (secondary N) is 1. The first kappa shape index (κ1) is 13.0. The van der Waals surface area contributed by atoms with Gasteiger partial charge < -0.3 is 4.98 Å². The Labute approximate surface area is 118 Å². The molecule has 1 N–H and O–H groups in total. The topological polar surface area (TPSA) is 58.6 Å². The molecule has 2 heterocycles. The maximum atomic E-state index is 11.9. The minimum atomic E-state index is -0.0657. The van der Waals surface area contributed by atoms with Crippen LogP contribution in [0, 0.1) is 13.8 Å². The van der Waals surface area contributed by atoms with Gasteiger partial charge in [0.15, 0.2) is 0 Å². The first-order valence-corrected chi connectivity index (χ1v) is 7.19. The zero-order valence-electron chi connectivity index (χ0n) is 11.9. The van der Waals surface area contributed by atoms with Gasteiger partial charge in [0.25, 0.3) is 5.56 Å². The van der Waals surface area contributed by atoms with Gasteiger partial charge in [0.05, 0.1) is 5.69 Å². The van der Waals surface area contributed by atoms with Crippen LogP contribution in [0.3, 0.4) is 0 Å². The van der Waals surface area contributed by atoms with E-state index in [1.54, 1.807) is 6.07 Å². The highest BCUT2D eigenvalue weighted by atomic mass is 16.1. The summed E-state index contributed by atoms with van der Waals surface area (Å²) in [7, 11) is 0. The van der Waals surface area contributed by atoms with Crippen LogP contribution in [-0.4, -0.2) is 15.0 Å². The Hall–Kier alpha value is -1.97. The fourth-order valence-corrected chi connectivity index (χ4v) is 3.02. The third-order valence-electron chi connectivity index (χ3n) is 3.89. The van der Waals surface area contributed by atoms with E-state index < -0.39 is 0 Å². The highest BCUT2D eigenvalue weighted by Crippen LogP contribution is 2.33. The summed E-state index contributed by atoms with van der Waals surface area (Å²) in [6.07, 6.45) is 4.76. The molecule has 104 valence electrons. The lowest BCUT2D eigenvalue weighted by Gasteiger charge is -2.10. The van der Waals surface area contributed by atoms with E-state index in [4.69, 9.17) is 0 Å². The monoisotopic (exact) mass is 269 g/mol. The van der Waals surface area contributed by atoms with Gasteiger partial charge in [-0.15, -0.1) is 0 Å². The third kappa shape index (κ3) is 2.64. The van der Waals surface area contributed by atoms with Crippen LogP contribution in [0.25, 0.3) is 11.4 Å². The van der Waals surface area contributed by atoms with Gasteiger partial charge in [0.2, 0.25) is 0 Å². The SMILES string of the molecule is Cc1cc(-c2nc(C3CCCC3)cc(=O)[nH]2)cc(C)n1. The molecule has 0 bridgehead atoms. The van der Waals surface area contributed by atoms with Crippen molar-refractivity contribution >= 4 is 0 Å². The van der Waals surface area contributed by atoms with Crippen molar-refractivity contribution in [2.75, 3.05) is 0 Å². The summed E-state index contributed by atoms with van der Waals surface area (Å²) >= 11 is 0. The summed E-state index contributed by atoms with van der Waals surface area (Å²) in [5.41, 5.74) is 3.69. The second-order valence-electron chi connectivity index (χ2n) is 5.64. The van der Waals surface area contributed by atoms with Crippen LogP contribution in [0.1, 0.15) is 48.7 Å². The molecule has 0 radical (unpaired) electrons. The van der Waals surface area contributed by atoms with E-state index in [0.717, 1.165) is 35.5 Å². The number of aryl methyl sites for hydroxylation is 2. The molecule has 0 saturated heterocycles. The summed E-state index contributed by atoms with van der Waals surface area (Å²) in [6, 6.07) is 5.58. The Morgan fingerprint density at radius 3 is 2.35 bits per heavy atom. The van der Waals surface area contributed by atoms with Crippen molar-refractivity contribution in [1.82, 2.24) is 15.0 Å². The number of hydrogen-bond acceptors (Lipinski definition) is 3. The van der Waals surface area contributed by atoms with E-state index in [-0.39, 0.29) is 5.56 Å². The van der Waals surface area contributed by atoms with Gasteiger partial charge in [0, 0.05) is 28.9 Å². The van der Waals surface area contributed by atoms with Crippen molar-refractivity contribution in [3.63, 3.8) is 0 Å². The van der Waals surface area contributed by atoms with E-state index in [1.165, 1.54) is 12.8 Å². The fourth-order valence-electron chi connectivity index (χ4n) is 3.02. The van der Waals surface area contributed by atoms with Crippen molar-refractivity contribution in [3.05, 3.63) is 45.6 Å². The quantitative estimate of drug-likeness (QED) is 0.911. The molecule has 1 saturated carbocycles. The molecule has 2 aromatic rings. The highest BCUT2D eigenvalue weighted by Gasteiger charge is 2.19. The molecule has 2 aromatic heterocycles. The van der Waals surface area contributed by atoms with E-state index in [9.17, 15) is 4.79 Å². The van der Waals surface area contributed by atoms with Crippen LogP contribution >= 0.6 is 0 Å². The standard InChI is InChI=1S/C16H19N3O/c1-10-7-13(8-11(2)17-10)16-18-14(9-15(20)19-16)12-5-3-4-6-12/h7-9,12H,3-6H2,1-2H3,(H,18,19,20). The lowest BCUT2D eigenvalue weighted by Crippen LogP contribution is -2.12. The summed E-state index contributed by atoms with van der Waals surface area (Å²) in [5.74, 6) is 1.10. The Morgan fingerprint density at radius 2 is 1.70 bits per heavy atom. The molecule has 0 atom stereocenters. The molecule has 1 fully saturated rings. The Balaban J connectivity index is 2.06. The van der Waals surface area contributed by atoms with Gasteiger partial charge in [-0.2, -0.15) is 0 Å².